The number of aromatic nitrogens is 1. The molecule has 0 saturated heterocycles. The molecule has 2 aromatic rings. The topological polar surface area (TPSA) is 24.9 Å². The van der Waals surface area contributed by atoms with Crippen molar-refractivity contribution in [1.29, 1.82) is 0 Å². The predicted octanol–water partition coefficient (Wildman–Crippen LogP) is 3.88. The summed E-state index contributed by atoms with van der Waals surface area (Å²) in [6, 6.07) is 6.25. The van der Waals surface area contributed by atoms with Crippen molar-refractivity contribution in [2.24, 2.45) is 0 Å². The molecule has 2 rings (SSSR count). The smallest absolute Gasteiger partial charge is 0.123 e. The summed E-state index contributed by atoms with van der Waals surface area (Å²) in [6.45, 7) is 4.76. The van der Waals surface area contributed by atoms with Crippen molar-refractivity contribution in [2.75, 3.05) is 6.54 Å². The summed E-state index contributed by atoms with van der Waals surface area (Å²) in [5.74, 6) is -0.283. The van der Waals surface area contributed by atoms with Gasteiger partial charge in [-0.05, 0) is 54.4 Å². The van der Waals surface area contributed by atoms with E-state index in [0.29, 0.717) is 5.02 Å². The van der Waals surface area contributed by atoms with E-state index in [0.717, 1.165) is 23.2 Å². The number of halogens is 2. The Kier molecular flexibility index (Phi) is 4.51. The maximum Gasteiger partial charge on any atom is 0.123 e. The predicted molar refractivity (Wildman–Crippen MR) is 75.9 cm³/mol. The van der Waals surface area contributed by atoms with E-state index in [1.165, 1.54) is 12.1 Å². The van der Waals surface area contributed by atoms with Crippen LogP contribution in [0.4, 0.5) is 4.39 Å². The fourth-order valence-electron chi connectivity index (χ4n) is 2.14. The van der Waals surface area contributed by atoms with Gasteiger partial charge >= 0.3 is 0 Å². The SMILES string of the molecule is CCNC(c1ccncc1C)c1cc(F)ccc1Cl. The van der Waals surface area contributed by atoms with Crippen LogP contribution in [0.3, 0.4) is 0 Å². The lowest BCUT2D eigenvalue weighted by molar-refractivity contribution is 0.601. The van der Waals surface area contributed by atoms with Gasteiger partial charge in [-0.2, -0.15) is 0 Å². The van der Waals surface area contributed by atoms with E-state index in [4.69, 9.17) is 11.6 Å². The number of aryl methyl sites for hydroxylation is 1. The average Bonchev–Trinajstić information content (AvgIpc) is 2.40. The highest BCUT2D eigenvalue weighted by Gasteiger charge is 2.18. The molecule has 0 aliphatic carbocycles. The first-order valence-corrected chi connectivity index (χ1v) is 6.60. The fraction of sp³-hybridized carbons (Fsp3) is 0.267. The third-order valence-electron chi connectivity index (χ3n) is 3.05. The van der Waals surface area contributed by atoms with Gasteiger partial charge in [-0.15, -0.1) is 0 Å². The third-order valence-corrected chi connectivity index (χ3v) is 3.40. The van der Waals surface area contributed by atoms with Gasteiger partial charge in [0.25, 0.3) is 0 Å². The second-order valence-corrected chi connectivity index (χ2v) is 4.80. The van der Waals surface area contributed by atoms with Crippen LogP contribution in [-0.4, -0.2) is 11.5 Å². The van der Waals surface area contributed by atoms with E-state index >= 15 is 0 Å². The van der Waals surface area contributed by atoms with E-state index in [2.05, 4.69) is 10.3 Å². The molecule has 1 aromatic heterocycles. The highest BCUT2D eigenvalue weighted by Crippen LogP contribution is 2.30. The molecule has 0 saturated carbocycles. The molecule has 1 N–H and O–H groups in total. The second-order valence-electron chi connectivity index (χ2n) is 4.39. The minimum absolute atomic E-state index is 0.129. The number of nitrogens with one attached hydrogen (secondary N) is 1. The van der Waals surface area contributed by atoms with Gasteiger partial charge in [-0.1, -0.05) is 18.5 Å². The minimum Gasteiger partial charge on any atom is -0.306 e. The Bertz CT molecular complexity index is 572. The molecule has 0 fully saturated rings. The van der Waals surface area contributed by atoms with Crippen LogP contribution in [0.15, 0.2) is 36.7 Å². The van der Waals surface area contributed by atoms with Crippen molar-refractivity contribution < 1.29 is 4.39 Å². The molecule has 1 unspecified atom stereocenters. The van der Waals surface area contributed by atoms with Gasteiger partial charge < -0.3 is 5.32 Å². The first-order chi connectivity index (χ1) is 9.13. The minimum atomic E-state index is -0.283. The Morgan fingerprint density at radius 2 is 2.11 bits per heavy atom. The molecule has 1 heterocycles. The van der Waals surface area contributed by atoms with Crippen LogP contribution in [0, 0.1) is 12.7 Å². The van der Waals surface area contributed by atoms with Crippen LogP contribution in [0.1, 0.15) is 29.7 Å². The summed E-state index contributed by atoms with van der Waals surface area (Å²) in [5, 5.41) is 3.90. The molecule has 0 bridgehead atoms. The molecule has 100 valence electrons. The number of nitrogens with zero attached hydrogens (tertiary/aromatic N) is 1. The number of pyridine rings is 1. The number of hydrogen-bond acceptors (Lipinski definition) is 2. The molecule has 1 aromatic carbocycles. The van der Waals surface area contributed by atoms with Crippen LogP contribution in [0.5, 0.6) is 0 Å². The Labute approximate surface area is 117 Å². The molecule has 0 aliphatic rings. The zero-order valence-corrected chi connectivity index (χ0v) is 11.7. The highest BCUT2D eigenvalue weighted by molar-refractivity contribution is 6.31. The van der Waals surface area contributed by atoms with Crippen LogP contribution in [0.2, 0.25) is 5.02 Å². The number of rotatable bonds is 4. The maximum atomic E-state index is 13.5. The van der Waals surface area contributed by atoms with Gasteiger partial charge in [0.2, 0.25) is 0 Å². The Morgan fingerprint density at radius 1 is 1.32 bits per heavy atom. The lowest BCUT2D eigenvalue weighted by Gasteiger charge is -2.21. The van der Waals surface area contributed by atoms with Crippen LogP contribution >= 0.6 is 11.6 Å². The van der Waals surface area contributed by atoms with Crippen molar-refractivity contribution in [3.8, 4) is 0 Å². The van der Waals surface area contributed by atoms with Crippen molar-refractivity contribution >= 4 is 11.6 Å². The van der Waals surface area contributed by atoms with Crippen molar-refractivity contribution in [2.45, 2.75) is 19.9 Å². The Balaban J connectivity index is 2.51. The van der Waals surface area contributed by atoms with Crippen molar-refractivity contribution in [3.05, 3.63) is 64.2 Å². The first kappa shape index (κ1) is 14.0. The standard InChI is InChI=1S/C15H16ClFN2/c1-3-19-15(12-6-7-18-9-10(12)2)13-8-11(17)4-5-14(13)16/h4-9,15,19H,3H2,1-2H3. The zero-order valence-electron chi connectivity index (χ0n) is 11.0. The van der Waals surface area contributed by atoms with Crippen LogP contribution < -0.4 is 5.32 Å². The maximum absolute atomic E-state index is 13.5. The van der Waals surface area contributed by atoms with Gasteiger partial charge in [0.15, 0.2) is 0 Å². The molecule has 0 spiro atoms. The number of benzene rings is 1. The van der Waals surface area contributed by atoms with Gasteiger partial charge in [0.1, 0.15) is 5.82 Å². The zero-order chi connectivity index (χ0) is 13.8. The summed E-state index contributed by atoms with van der Waals surface area (Å²) in [7, 11) is 0. The van der Waals surface area contributed by atoms with Gasteiger partial charge in [-0.25, -0.2) is 4.39 Å². The molecule has 2 nitrogen and oxygen atoms in total. The molecular weight excluding hydrogens is 263 g/mol. The van der Waals surface area contributed by atoms with Crippen molar-refractivity contribution in [1.82, 2.24) is 10.3 Å². The van der Waals surface area contributed by atoms with Gasteiger partial charge in [0, 0.05) is 17.4 Å². The van der Waals surface area contributed by atoms with E-state index in [1.807, 2.05) is 19.9 Å². The van der Waals surface area contributed by atoms with Gasteiger partial charge in [0.05, 0.1) is 6.04 Å². The summed E-state index contributed by atoms with van der Waals surface area (Å²) in [4.78, 5) is 4.09. The quantitative estimate of drug-likeness (QED) is 0.918. The normalized spacial score (nSPS) is 12.4. The highest BCUT2D eigenvalue weighted by atomic mass is 35.5. The van der Waals surface area contributed by atoms with E-state index in [1.54, 1.807) is 18.5 Å². The van der Waals surface area contributed by atoms with E-state index < -0.39 is 0 Å². The van der Waals surface area contributed by atoms with E-state index in [9.17, 15) is 4.39 Å². The van der Waals surface area contributed by atoms with E-state index in [-0.39, 0.29) is 11.9 Å². The Morgan fingerprint density at radius 3 is 2.79 bits per heavy atom. The Hall–Kier alpha value is -1.45. The molecule has 0 radical (unpaired) electrons. The summed E-state index contributed by atoms with van der Waals surface area (Å²) in [6.07, 6.45) is 3.53. The molecule has 1 atom stereocenters. The molecular formula is C15H16ClFN2. The second kappa shape index (κ2) is 6.13. The summed E-state index contributed by atoms with van der Waals surface area (Å²) >= 11 is 6.21. The summed E-state index contributed by atoms with van der Waals surface area (Å²) < 4.78 is 13.5. The third kappa shape index (κ3) is 3.11. The first-order valence-electron chi connectivity index (χ1n) is 6.22. The monoisotopic (exact) mass is 278 g/mol. The lowest BCUT2D eigenvalue weighted by Crippen LogP contribution is -2.23. The van der Waals surface area contributed by atoms with Crippen molar-refractivity contribution in [3.63, 3.8) is 0 Å². The number of hydrogen-bond donors (Lipinski definition) is 1. The molecule has 4 heteroatoms. The largest absolute Gasteiger partial charge is 0.306 e. The van der Waals surface area contributed by atoms with Gasteiger partial charge in [-0.3, -0.25) is 4.98 Å². The molecule has 19 heavy (non-hydrogen) atoms. The molecule has 0 amide bonds. The van der Waals surface area contributed by atoms with Crippen LogP contribution in [0.25, 0.3) is 0 Å². The summed E-state index contributed by atoms with van der Waals surface area (Å²) in [5.41, 5.74) is 2.86. The molecule has 0 aliphatic heterocycles. The lowest BCUT2D eigenvalue weighted by atomic mass is 9.96. The average molecular weight is 279 g/mol. The fourth-order valence-corrected chi connectivity index (χ4v) is 2.36. The van der Waals surface area contributed by atoms with Crippen LogP contribution in [-0.2, 0) is 0 Å².